The van der Waals surface area contributed by atoms with E-state index in [9.17, 15) is 8.42 Å². The molecule has 3 rings (SSSR count). The second-order valence-corrected chi connectivity index (χ2v) is 8.91. The lowest BCUT2D eigenvalue weighted by atomic mass is 9.89. The van der Waals surface area contributed by atoms with E-state index in [0.717, 1.165) is 28.9 Å². The molecule has 168 valence electrons. The largest absolute Gasteiger partial charge is 0.496 e. The lowest BCUT2D eigenvalue weighted by Gasteiger charge is -2.29. The molecule has 0 spiro atoms. The SMILES string of the molecule is COCCCOC/C=C/CC1Oc2cccc(OC)c2-c2ccc(CS(N)(=O)=O)cc21. The van der Waals surface area contributed by atoms with Crippen LogP contribution in [0.1, 0.15) is 30.1 Å². The van der Waals surface area contributed by atoms with Gasteiger partial charge in [0.1, 0.15) is 17.6 Å². The van der Waals surface area contributed by atoms with Crippen molar-refractivity contribution in [3.8, 4) is 22.6 Å². The molecule has 0 bridgehead atoms. The molecule has 31 heavy (non-hydrogen) atoms. The molecule has 0 fully saturated rings. The minimum atomic E-state index is -3.63. The maximum Gasteiger partial charge on any atom is 0.213 e. The quantitative estimate of drug-likeness (QED) is 0.418. The van der Waals surface area contributed by atoms with Gasteiger partial charge in [-0.3, -0.25) is 0 Å². The molecule has 0 saturated carbocycles. The van der Waals surface area contributed by atoms with Gasteiger partial charge in [-0.05, 0) is 29.7 Å². The first-order chi connectivity index (χ1) is 14.9. The second-order valence-electron chi connectivity index (χ2n) is 7.30. The van der Waals surface area contributed by atoms with Crippen LogP contribution in [0.5, 0.6) is 11.5 Å². The van der Waals surface area contributed by atoms with Crippen molar-refractivity contribution in [2.45, 2.75) is 24.7 Å². The molecule has 2 aromatic rings. The van der Waals surface area contributed by atoms with Gasteiger partial charge in [0, 0.05) is 32.3 Å². The molecule has 0 aromatic heterocycles. The fourth-order valence-electron chi connectivity index (χ4n) is 3.61. The first kappa shape index (κ1) is 23.3. The maximum atomic E-state index is 11.6. The van der Waals surface area contributed by atoms with Crippen molar-refractivity contribution in [1.82, 2.24) is 0 Å². The summed E-state index contributed by atoms with van der Waals surface area (Å²) in [5.74, 6) is 1.22. The summed E-state index contributed by atoms with van der Waals surface area (Å²) in [6, 6.07) is 11.2. The summed E-state index contributed by atoms with van der Waals surface area (Å²) in [6.07, 6.45) is 5.19. The lowest BCUT2D eigenvalue weighted by Crippen LogP contribution is -2.17. The van der Waals surface area contributed by atoms with E-state index in [-0.39, 0.29) is 11.9 Å². The Labute approximate surface area is 183 Å². The molecule has 0 saturated heterocycles. The van der Waals surface area contributed by atoms with E-state index < -0.39 is 10.0 Å². The van der Waals surface area contributed by atoms with E-state index in [1.165, 1.54) is 0 Å². The first-order valence-electron chi connectivity index (χ1n) is 10.1. The van der Waals surface area contributed by atoms with Gasteiger partial charge in [-0.25, -0.2) is 13.6 Å². The van der Waals surface area contributed by atoms with Crippen LogP contribution < -0.4 is 14.6 Å². The second kappa shape index (κ2) is 10.8. The van der Waals surface area contributed by atoms with Crippen LogP contribution in [0.3, 0.4) is 0 Å². The third-order valence-corrected chi connectivity index (χ3v) is 5.68. The zero-order valence-electron chi connectivity index (χ0n) is 17.9. The molecule has 7 nitrogen and oxygen atoms in total. The summed E-state index contributed by atoms with van der Waals surface area (Å²) in [5.41, 5.74) is 3.36. The van der Waals surface area contributed by atoms with Gasteiger partial charge < -0.3 is 18.9 Å². The van der Waals surface area contributed by atoms with E-state index in [0.29, 0.717) is 37.6 Å². The van der Waals surface area contributed by atoms with Gasteiger partial charge in [0.15, 0.2) is 0 Å². The molecule has 2 N–H and O–H groups in total. The summed E-state index contributed by atoms with van der Waals surface area (Å²) >= 11 is 0. The van der Waals surface area contributed by atoms with Gasteiger partial charge >= 0.3 is 0 Å². The minimum Gasteiger partial charge on any atom is -0.496 e. The molecule has 1 unspecified atom stereocenters. The van der Waals surface area contributed by atoms with Gasteiger partial charge in [-0.15, -0.1) is 0 Å². The standard InChI is InChI=1S/C23H29NO6S/c1-27-12-6-14-29-13-4-3-7-20-19-15-17(16-31(24,25)26)10-11-18(19)23-21(28-2)8-5-9-22(23)30-20/h3-5,8-11,15,20H,6-7,12-14,16H2,1-2H3,(H2,24,25,26)/b4-3+. The molecule has 1 aliphatic rings. The normalized spacial score (nSPS) is 15.4. The Kier molecular flexibility index (Phi) is 8.09. The van der Waals surface area contributed by atoms with Gasteiger partial charge in [0.25, 0.3) is 0 Å². The molecular weight excluding hydrogens is 418 g/mol. The highest BCUT2D eigenvalue weighted by Crippen LogP contribution is 2.48. The Morgan fingerprint density at radius 2 is 1.97 bits per heavy atom. The zero-order chi connectivity index (χ0) is 22.3. The summed E-state index contributed by atoms with van der Waals surface area (Å²) in [6.45, 7) is 1.84. The van der Waals surface area contributed by atoms with Crippen LogP contribution >= 0.6 is 0 Å². The van der Waals surface area contributed by atoms with Crippen molar-refractivity contribution in [3.63, 3.8) is 0 Å². The first-order valence-corrected chi connectivity index (χ1v) is 11.8. The number of methoxy groups -OCH3 is 2. The van der Waals surface area contributed by atoms with Crippen molar-refractivity contribution < 1.29 is 27.4 Å². The Bertz CT molecular complexity index is 1020. The molecule has 1 atom stereocenters. The molecule has 1 heterocycles. The van der Waals surface area contributed by atoms with Crippen LogP contribution in [0.2, 0.25) is 0 Å². The number of ether oxygens (including phenoxy) is 4. The van der Waals surface area contributed by atoms with E-state index in [1.54, 1.807) is 20.3 Å². The molecule has 2 aromatic carbocycles. The number of hydrogen-bond donors (Lipinski definition) is 1. The highest BCUT2D eigenvalue weighted by atomic mass is 32.2. The van der Waals surface area contributed by atoms with Crippen molar-refractivity contribution in [2.24, 2.45) is 5.14 Å². The predicted octanol–water partition coefficient (Wildman–Crippen LogP) is 3.58. The van der Waals surface area contributed by atoms with Crippen LogP contribution in [0.4, 0.5) is 0 Å². The summed E-state index contributed by atoms with van der Waals surface area (Å²) in [7, 11) is -0.346. The van der Waals surface area contributed by atoms with Gasteiger partial charge in [-0.2, -0.15) is 0 Å². The van der Waals surface area contributed by atoms with E-state index in [4.69, 9.17) is 24.1 Å². The topological polar surface area (TPSA) is 97.1 Å². The highest BCUT2D eigenvalue weighted by molar-refractivity contribution is 7.88. The number of nitrogens with two attached hydrogens (primary N) is 1. The van der Waals surface area contributed by atoms with E-state index in [1.807, 2.05) is 42.5 Å². The van der Waals surface area contributed by atoms with Crippen molar-refractivity contribution in [3.05, 3.63) is 59.7 Å². The Hall–Kier alpha value is -2.39. The number of fused-ring (bicyclic) bond motifs is 3. The number of benzene rings is 2. The predicted molar refractivity (Wildman–Crippen MR) is 120 cm³/mol. The molecule has 0 amide bonds. The molecule has 8 heteroatoms. The van der Waals surface area contributed by atoms with Gasteiger partial charge in [-0.1, -0.05) is 36.4 Å². The third kappa shape index (κ3) is 6.30. The van der Waals surface area contributed by atoms with Crippen molar-refractivity contribution >= 4 is 10.0 Å². The van der Waals surface area contributed by atoms with Crippen LogP contribution in [-0.2, 0) is 25.2 Å². The monoisotopic (exact) mass is 447 g/mol. The molecular formula is C23H29NO6S. The van der Waals surface area contributed by atoms with Gasteiger partial charge in [0.05, 0.1) is 25.0 Å². The Morgan fingerprint density at radius 3 is 2.71 bits per heavy atom. The Balaban J connectivity index is 1.82. The summed E-state index contributed by atoms with van der Waals surface area (Å²) in [4.78, 5) is 0. The van der Waals surface area contributed by atoms with E-state index in [2.05, 4.69) is 0 Å². The fraction of sp³-hybridized carbons (Fsp3) is 0.391. The maximum absolute atomic E-state index is 11.6. The van der Waals surface area contributed by atoms with E-state index >= 15 is 0 Å². The van der Waals surface area contributed by atoms with Crippen LogP contribution in [0.25, 0.3) is 11.1 Å². The summed E-state index contributed by atoms with van der Waals surface area (Å²) in [5, 5.41) is 5.25. The number of primary sulfonamides is 1. The Morgan fingerprint density at radius 1 is 1.13 bits per heavy atom. The molecule has 0 radical (unpaired) electrons. The van der Waals surface area contributed by atoms with Crippen LogP contribution in [0, 0.1) is 0 Å². The average molecular weight is 448 g/mol. The van der Waals surface area contributed by atoms with Gasteiger partial charge in [0.2, 0.25) is 10.0 Å². The zero-order valence-corrected chi connectivity index (χ0v) is 18.7. The number of rotatable bonds is 11. The minimum absolute atomic E-state index is 0.225. The summed E-state index contributed by atoms with van der Waals surface area (Å²) < 4.78 is 45.5. The smallest absolute Gasteiger partial charge is 0.213 e. The van der Waals surface area contributed by atoms with Crippen LogP contribution in [0.15, 0.2) is 48.6 Å². The molecule has 0 aliphatic carbocycles. The third-order valence-electron chi connectivity index (χ3n) is 4.95. The lowest BCUT2D eigenvalue weighted by molar-refractivity contribution is 0.120. The number of sulfonamides is 1. The fourth-order valence-corrected chi connectivity index (χ4v) is 4.25. The van der Waals surface area contributed by atoms with Crippen molar-refractivity contribution in [1.29, 1.82) is 0 Å². The molecule has 1 aliphatic heterocycles. The number of hydrogen-bond acceptors (Lipinski definition) is 6. The van der Waals surface area contributed by atoms with Crippen molar-refractivity contribution in [2.75, 3.05) is 34.0 Å². The highest BCUT2D eigenvalue weighted by Gasteiger charge is 2.28. The van der Waals surface area contributed by atoms with Crippen LogP contribution in [-0.4, -0.2) is 42.5 Å². The average Bonchev–Trinajstić information content (AvgIpc) is 2.73.